The lowest BCUT2D eigenvalue weighted by atomic mass is 10.3. The molecule has 0 aliphatic heterocycles. The zero-order valence-electron chi connectivity index (χ0n) is 6.13. The van der Waals surface area contributed by atoms with Crippen molar-refractivity contribution in [1.82, 2.24) is 4.98 Å². The Balaban J connectivity index is 2.99. The van der Waals surface area contributed by atoms with E-state index in [1.165, 1.54) is 0 Å². The van der Waals surface area contributed by atoms with Crippen molar-refractivity contribution in [3.05, 3.63) is 29.6 Å². The number of aryl methyl sites for hydroxylation is 1. The van der Waals surface area contributed by atoms with Gasteiger partial charge in [0.1, 0.15) is 5.69 Å². The first-order chi connectivity index (χ1) is 5.33. The quantitative estimate of drug-likeness (QED) is 0.511. The van der Waals surface area contributed by atoms with E-state index >= 15 is 0 Å². The van der Waals surface area contributed by atoms with Gasteiger partial charge in [-0.1, -0.05) is 6.07 Å². The van der Waals surface area contributed by atoms with Gasteiger partial charge in [-0.2, -0.15) is 5.26 Å². The maximum Gasteiger partial charge on any atom is 0.152 e. The highest BCUT2D eigenvalue weighted by molar-refractivity contribution is 5.32. The number of aromatic nitrogens is 1. The predicted molar refractivity (Wildman–Crippen MR) is 41.5 cm³/mol. The van der Waals surface area contributed by atoms with Gasteiger partial charge in [0, 0.05) is 11.6 Å². The zero-order chi connectivity index (χ0) is 8.10. The molecule has 0 saturated heterocycles. The maximum absolute atomic E-state index is 8.15. The molecule has 11 heavy (non-hydrogen) atoms. The number of hydrogen-bond donors (Lipinski definition) is 0. The van der Waals surface area contributed by atoms with E-state index < -0.39 is 0 Å². The number of pyridine rings is 1. The molecule has 0 aliphatic carbocycles. The Labute approximate surface area is 65.5 Å². The number of nitriles is 1. The average Bonchev–Trinajstić information content (AvgIpc) is 2.01. The van der Waals surface area contributed by atoms with Gasteiger partial charge < -0.3 is 0 Å². The van der Waals surface area contributed by atoms with E-state index in [9.17, 15) is 0 Å². The zero-order valence-corrected chi connectivity index (χ0v) is 6.13. The Kier molecular flexibility index (Phi) is 2.25. The molecule has 0 bridgehead atoms. The van der Waals surface area contributed by atoms with Crippen molar-refractivity contribution >= 4 is 0 Å². The summed E-state index contributed by atoms with van der Waals surface area (Å²) in [5, 5.41) is 8.15. The first kappa shape index (κ1) is 7.31. The van der Waals surface area contributed by atoms with Crippen molar-refractivity contribution in [3.63, 3.8) is 0 Å². The summed E-state index contributed by atoms with van der Waals surface area (Å²) in [4.78, 5) is 4.09. The van der Waals surface area contributed by atoms with Gasteiger partial charge in [0.15, 0.2) is 6.07 Å². The molecule has 0 fully saturated rings. The summed E-state index contributed by atoms with van der Waals surface area (Å²) in [6.45, 7) is 1.89. The standard InChI is InChI=1S/C9H6N2/c1-8-4-2-5-9(11-8)6-3-7-10/h2,4-5H,1H3. The molecule has 0 spiro atoms. The lowest BCUT2D eigenvalue weighted by Crippen LogP contribution is -1.83. The topological polar surface area (TPSA) is 36.7 Å². The smallest absolute Gasteiger partial charge is 0.152 e. The van der Waals surface area contributed by atoms with Gasteiger partial charge in [-0.3, -0.25) is 0 Å². The van der Waals surface area contributed by atoms with Crippen molar-refractivity contribution < 1.29 is 0 Å². The molecule has 1 rings (SSSR count). The highest BCUT2D eigenvalue weighted by Gasteiger charge is 1.86. The summed E-state index contributed by atoms with van der Waals surface area (Å²) in [6.07, 6.45) is 0. The molecule has 0 amide bonds. The molecule has 1 heterocycles. The fourth-order valence-electron chi connectivity index (χ4n) is 0.705. The first-order valence-electron chi connectivity index (χ1n) is 3.16. The van der Waals surface area contributed by atoms with E-state index in [2.05, 4.69) is 16.8 Å². The average molecular weight is 142 g/mol. The van der Waals surface area contributed by atoms with Gasteiger partial charge in [-0.15, -0.1) is 0 Å². The van der Waals surface area contributed by atoms with E-state index in [1.54, 1.807) is 12.1 Å². The van der Waals surface area contributed by atoms with E-state index in [-0.39, 0.29) is 0 Å². The molecule has 0 unspecified atom stereocenters. The Morgan fingerprint density at radius 3 is 2.91 bits per heavy atom. The minimum atomic E-state index is 0.645. The molecule has 1 aromatic rings. The van der Waals surface area contributed by atoms with E-state index in [0.29, 0.717) is 5.69 Å². The van der Waals surface area contributed by atoms with Crippen LogP contribution < -0.4 is 0 Å². The second-order valence-electron chi connectivity index (χ2n) is 2.03. The largest absolute Gasteiger partial charge is 0.245 e. The minimum Gasteiger partial charge on any atom is -0.245 e. The molecule has 0 aromatic carbocycles. The highest BCUT2D eigenvalue weighted by atomic mass is 14.7. The van der Waals surface area contributed by atoms with Crippen molar-refractivity contribution in [1.29, 1.82) is 5.26 Å². The van der Waals surface area contributed by atoms with Gasteiger partial charge in [-0.25, -0.2) is 4.98 Å². The fourth-order valence-corrected chi connectivity index (χ4v) is 0.705. The normalized spacial score (nSPS) is 7.64. The van der Waals surface area contributed by atoms with Crippen LogP contribution in [0.5, 0.6) is 0 Å². The third-order valence-corrected chi connectivity index (χ3v) is 1.13. The molecule has 2 nitrogen and oxygen atoms in total. The van der Waals surface area contributed by atoms with Crippen LogP contribution in [0.3, 0.4) is 0 Å². The molecule has 0 N–H and O–H groups in total. The Morgan fingerprint density at radius 2 is 2.27 bits per heavy atom. The number of hydrogen-bond acceptors (Lipinski definition) is 2. The molecule has 52 valence electrons. The van der Waals surface area contributed by atoms with E-state index in [1.807, 2.05) is 19.1 Å². The molecule has 1 aromatic heterocycles. The molecule has 0 saturated carbocycles. The third-order valence-electron chi connectivity index (χ3n) is 1.13. The van der Waals surface area contributed by atoms with Crippen LogP contribution in [0, 0.1) is 30.1 Å². The monoisotopic (exact) mass is 142 g/mol. The van der Waals surface area contributed by atoms with Crippen LogP contribution in [0.15, 0.2) is 18.2 Å². The van der Waals surface area contributed by atoms with Crippen LogP contribution in [-0.2, 0) is 0 Å². The van der Waals surface area contributed by atoms with Gasteiger partial charge in [-0.05, 0) is 25.0 Å². The van der Waals surface area contributed by atoms with Crippen molar-refractivity contribution in [2.45, 2.75) is 6.92 Å². The molecule has 0 atom stereocenters. The van der Waals surface area contributed by atoms with Crippen molar-refractivity contribution in [2.75, 3.05) is 0 Å². The second kappa shape index (κ2) is 3.39. The predicted octanol–water partition coefficient (Wildman–Crippen LogP) is 1.27. The van der Waals surface area contributed by atoms with Crippen LogP contribution in [0.25, 0.3) is 0 Å². The third kappa shape index (κ3) is 2.12. The van der Waals surface area contributed by atoms with Crippen LogP contribution in [0.4, 0.5) is 0 Å². The summed E-state index contributed by atoms with van der Waals surface area (Å²) < 4.78 is 0. The first-order valence-corrected chi connectivity index (χ1v) is 3.16. The van der Waals surface area contributed by atoms with E-state index in [4.69, 9.17) is 5.26 Å². The molecule has 0 radical (unpaired) electrons. The lowest BCUT2D eigenvalue weighted by Gasteiger charge is -1.89. The number of nitrogens with zero attached hydrogens (tertiary/aromatic N) is 2. The van der Waals surface area contributed by atoms with Gasteiger partial charge in [0.2, 0.25) is 0 Å². The van der Waals surface area contributed by atoms with Gasteiger partial charge >= 0.3 is 0 Å². The molecular formula is C9H6N2. The van der Waals surface area contributed by atoms with Crippen LogP contribution >= 0.6 is 0 Å². The maximum atomic E-state index is 8.15. The van der Waals surface area contributed by atoms with Crippen molar-refractivity contribution in [2.24, 2.45) is 0 Å². The summed E-state index contributed by atoms with van der Waals surface area (Å²) in [6, 6.07) is 7.26. The van der Waals surface area contributed by atoms with Crippen molar-refractivity contribution in [3.8, 4) is 17.9 Å². The second-order valence-corrected chi connectivity index (χ2v) is 2.03. The minimum absolute atomic E-state index is 0.645. The number of rotatable bonds is 0. The summed E-state index contributed by atoms with van der Waals surface area (Å²) in [7, 11) is 0. The van der Waals surface area contributed by atoms with Crippen LogP contribution in [0.1, 0.15) is 11.4 Å². The Morgan fingerprint density at radius 1 is 1.45 bits per heavy atom. The Hall–Kier alpha value is -1.80. The SMILES string of the molecule is Cc1cccc(C#CC#N)n1. The molecular weight excluding hydrogens is 136 g/mol. The fraction of sp³-hybridized carbons (Fsp3) is 0.111. The van der Waals surface area contributed by atoms with Crippen LogP contribution in [-0.4, -0.2) is 4.98 Å². The highest BCUT2D eigenvalue weighted by Crippen LogP contribution is 1.94. The molecule has 0 aliphatic rings. The summed E-state index contributed by atoms with van der Waals surface area (Å²) in [5.74, 6) is 4.90. The Bertz CT molecular complexity index is 350. The summed E-state index contributed by atoms with van der Waals surface area (Å²) >= 11 is 0. The molecule has 2 heteroatoms. The van der Waals surface area contributed by atoms with Crippen LogP contribution in [0.2, 0.25) is 0 Å². The summed E-state index contributed by atoms with van der Waals surface area (Å²) in [5.41, 5.74) is 1.56. The van der Waals surface area contributed by atoms with Gasteiger partial charge in [0.05, 0.1) is 0 Å². The van der Waals surface area contributed by atoms with Gasteiger partial charge in [0.25, 0.3) is 0 Å². The lowest BCUT2D eigenvalue weighted by molar-refractivity contribution is 1.18. The van der Waals surface area contributed by atoms with E-state index in [0.717, 1.165) is 5.69 Å².